The molecule has 8 heteroatoms. The standard InChI is InChI=1S/C23H32N6OS/c1-16(2)26-28-27-23(24)29-13-11-18(12-14-29)17(3)30-20-7-10-22(25-15-20)19-5-8-21(31-4)9-6-19/h5-10,15-18H,11-14H2,1-4H3,(H2,24,26,27). The van der Waals surface area contributed by atoms with E-state index in [9.17, 15) is 0 Å². The normalized spacial score (nSPS) is 16.8. The number of nitrogens with zero attached hydrogens (tertiary/aromatic N) is 5. The van der Waals surface area contributed by atoms with Gasteiger partial charge >= 0.3 is 0 Å². The molecule has 1 saturated heterocycles. The van der Waals surface area contributed by atoms with Gasteiger partial charge in [-0.25, -0.2) is 0 Å². The summed E-state index contributed by atoms with van der Waals surface area (Å²) in [5, 5.41) is 11.8. The summed E-state index contributed by atoms with van der Waals surface area (Å²) in [4.78, 5) is 7.89. The monoisotopic (exact) mass is 440 g/mol. The van der Waals surface area contributed by atoms with Crippen LogP contribution in [0.25, 0.3) is 11.3 Å². The van der Waals surface area contributed by atoms with Gasteiger partial charge in [0.15, 0.2) is 0 Å². The van der Waals surface area contributed by atoms with E-state index in [4.69, 9.17) is 10.5 Å². The van der Waals surface area contributed by atoms with Crippen molar-refractivity contribution in [1.82, 2.24) is 9.88 Å². The second-order valence-electron chi connectivity index (χ2n) is 8.01. The summed E-state index contributed by atoms with van der Waals surface area (Å²) in [5.41, 5.74) is 8.10. The van der Waals surface area contributed by atoms with Crippen LogP contribution in [-0.2, 0) is 0 Å². The van der Waals surface area contributed by atoms with Crippen molar-refractivity contribution in [3.8, 4) is 17.0 Å². The first kappa shape index (κ1) is 23.1. The Bertz CT molecular complexity index is 874. The molecule has 1 aliphatic rings. The molecule has 7 nitrogen and oxygen atoms in total. The first-order valence-corrected chi connectivity index (χ1v) is 11.9. The molecule has 31 heavy (non-hydrogen) atoms. The molecule has 0 bridgehead atoms. The third-order valence-electron chi connectivity index (χ3n) is 5.40. The number of aromatic nitrogens is 1. The first-order valence-electron chi connectivity index (χ1n) is 10.7. The summed E-state index contributed by atoms with van der Waals surface area (Å²) in [6, 6.07) is 12.6. The van der Waals surface area contributed by atoms with Crippen molar-refractivity contribution >= 4 is 17.7 Å². The maximum atomic E-state index is 6.19. The van der Waals surface area contributed by atoms with Crippen LogP contribution in [0.15, 0.2) is 62.9 Å². The molecule has 2 heterocycles. The van der Waals surface area contributed by atoms with E-state index in [1.807, 2.05) is 32.2 Å². The predicted molar refractivity (Wildman–Crippen MR) is 127 cm³/mol. The number of nitrogens with two attached hydrogens (primary N) is 1. The minimum Gasteiger partial charge on any atom is -0.489 e. The maximum absolute atomic E-state index is 6.19. The van der Waals surface area contributed by atoms with Gasteiger partial charge in [-0.15, -0.1) is 11.8 Å². The SMILES string of the molecule is CSc1ccc(-c2ccc(OC(C)C3CCN(/C(N)=N/N=NC(C)C)CC3)cn2)cc1. The van der Waals surface area contributed by atoms with Crippen LogP contribution < -0.4 is 10.5 Å². The fourth-order valence-electron chi connectivity index (χ4n) is 3.53. The van der Waals surface area contributed by atoms with Gasteiger partial charge in [-0.05, 0) is 75.3 Å². The Kier molecular flexibility index (Phi) is 8.28. The molecule has 1 atom stereocenters. The number of pyridine rings is 1. The topological polar surface area (TPSA) is 88.5 Å². The average molecular weight is 441 g/mol. The highest BCUT2D eigenvalue weighted by atomic mass is 32.2. The second kappa shape index (κ2) is 11.1. The average Bonchev–Trinajstić information content (AvgIpc) is 2.79. The molecule has 2 aromatic rings. The zero-order valence-corrected chi connectivity index (χ0v) is 19.5. The van der Waals surface area contributed by atoms with Gasteiger partial charge in [0.2, 0.25) is 5.96 Å². The van der Waals surface area contributed by atoms with Gasteiger partial charge in [-0.2, -0.15) is 5.11 Å². The molecule has 1 unspecified atom stereocenters. The molecule has 0 saturated carbocycles. The molecule has 1 aromatic heterocycles. The lowest BCUT2D eigenvalue weighted by molar-refractivity contribution is 0.108. The van der Waals surface area contributed by atoms with Crippen molar-refractivity contribution < 1.29 is 4.74 Å². The zero-order chi connectivity index (χ0) is 22.2. The summed E-state index contributed by atoms with van der Waals surface area (Å²) in [5.74, 6) is 1.69. The van der Waals surface area contributed by atoms with Gasteiger partial charge in [0.05, 0.1) is 24.0 Å². The molecule has 0 aliphatic carbocycles. The Morgan fingerprint density at radius 3 is 2.42 bits per heavy atom. The zero-order valence-electron chi connectivity index (χ0n) is 18.7. The Labute approximate surface area is 189 Å². The minimum atomic E-state index is 0.106. The van der Waals surface area contributed by atoms with Crippen LogP contribution in [0.2, 0.25) is 0 Å². The highest BCUT2D eigenvalue weighted by Crippen LogP contribution is 2.26. The van der Waals surface area contributed by atoms with Crippen LogP contribution >= 0.6 is 11.8 Å². The molecule has 1 aliphatic heterocycles. The molecule has 0 amide bonds. The Balaban J connectivity index is 1.51. The molecule has 166 valence electrons. The molecule has 0 spiro atoms. The van der Waals surface area contributed by atoms with Crippen LogP contribution in [0.1, 0.15) is 33.6 Å². The number of piperidine rings is 1. The number of hydrogen-bond acceptors (Lipinski definition) is 5. The molecule has 1 fully saturated rings. The molecule has 2 N–H and O–H groups in total. The molecule has 3 rings (SSSR count). The van der Waals surface area contributed by atoms with Crippen molar-refractivity contribution in [2.24, 2.45) is 27.1 Å². The summed E-state index contributed by atoms with van der Waals surface area (Å²) >= 11 is 1.74. The summed E-state index contributed by atoms with van der Waals surface area (Å²) < 4.78 is 6.19. The van der Waals surface area contributed by atoms with Crippen LogP contribution in [-0.4, -0.2) is 47.3 Å². The van der Waals surface area contributed by atoms with Crippen molar-refractivity contribution in [2.45, 2.75) is 50.7 Å². The van der Waals surface area contributed by atoms with Crippen LogP contribution in [0.3, 0.4) is 0 Å². The Hall–Kier alpha value is -2.61. The highest BCUT2D eigenvalue weighted by Gasteiger charge is 2.26. The quantitative estimate of drug-likeness (QED) is 0.214. The number of thioether (sulfide) groups is 1. The van der Waals surface area contributed by atoms with E-state index in [2.05, 4.69) is 62.8 Å². The number of benzene rings is 1. The van der Waals surface area contributed by atoms with Crippen molar-refractivity contribution in [2.75, 3.05) is 19.3 Å². The van der Waals surface area contributed by atoms with E-state index in [0.717, 1.165) is 42.9 Å². The minimum absolute atomic E-state index is 0.106. The lowest BCUT2D eigenvalue weighted by Crippen LogP contribution is -2.45. The number of likely N-dealkylation sites (tertiary alicyclic amines) is 1. The number of rotatable bonds is 7. The number of ether oxygens (including phenoxy) is 1. The third-order valence-corrected chi connectivity index (χ3v) is 6.14. The molecular formula is C23H32N6OS. The Morgan fingerprint density at radius 2 is 1.84 bits per heavy atom. The largest absolute Gasteiger partial charge is 0.489 e. The van der Waals surface area contributed by atoms with Crippen molar-refractivity contribution in [3.63, 3.8) is 0 Å². The van der Waals surface area contributed by atoms with Gasteiger partial charge in [0.1, 0.15) is 5.75 Å². The number of hydrogen-bond donors (Lipinski definition) is 1. The van der Waals surface area contributed by atoms with Gasteiger partial charge in [-0.3, -0.25) is 4.98 Å². The van der Waals surface area contributed by atoms with Crippen LogP contribution in [0.5, 0.6) is 5.75 Å². The van der Waals surface area contributed by atoms with Crippen molar-refractivity contribution in [3.05, 3.63) is 42.6 Å². The Morgan fingerprint density at radius 1 is 1.13 bits per heavy atom. The fourth-order valence-corrected chi connectivity index (χ4v) is 3.94. The lowest BCUT2D eigenvalue weighted by Gasteiger charge is -2.35. The van der Waals surface area contributed by atoms with Gasteiger partial charge in [0.25, 0.3) is 0 Å². The maximum Gasteiger partial charge on any atom is 0.218 e. The van der Waals surface area contributed by atoms with E-state index >= 15 is 0 Å². The summed E-state index contributed by atoms with van der Waals surface area (Å²) in [6.07, 6.45) is 5.98. The van der Waals surface area contributed by atoms with E-state index in [1.54, 1.807) is 11.8 Å². The summed E-state index contributed by atoms with van der Waals surface area (Å²) in [7, 11) is 0. The second-order valence-corrected chi connectivity index (χ2v) is 8.89. The van der Waals surface area contributed by atoms with Crippen molar-refractivity contribution in [1.29, 1.82) is 0 Å². The predicted octanol–water partition coefficient (Wildman–Crippen LogP) is 5.04. The highest BCUT2D eigenvalue weighted by molar-refractivity contribution is 7.98. The molecule has 1 aromatic carbocycles. The molecule has 0 radical (unpaired) electrons. The van der Waals surface area contributed by atoms with E-state index in [1.165, 1.54) is 4.90 Å². The summed E-state index contributed by atoms with van der Waals surface area (Å²) in [6.45, 7) is 7.72. The van der Waals surface area contributed by atoms with Crippen LogP contribution in [0.4, 0.5) is 0 Å². The van der Waals surface area contributed by atoms with E-state index in [0.29, 0.717) is 11.9 Å². The van der Waals surface area contributed by atoms with Gasteiger partial charge in [0, 0.05) is 23.5 Å². The van der Waals surface area contributed by atoms with E-state index in [-0.39, 0.29) is 12.1 Å². The number of guanidine groups is 1. The van der Waals surface area contributed by atoms with E-state index < -0.39 is 0 Å². The molecular weight excluding hydrogens is 408 g/mol. The fraction of sp³-hybridized carbons (Fsp3) is 0.478. The van der Waals surface area contributed by atoms with Crippen LogP contribution in [0, 0.1) is 5.92 Å². The third kappa shape index (κ3) is 6.69. The first-order chi connectivity index (χ1) is 15.0. The van der Waals surface area contributed by atoms with Gasteiger partial charge in [-0.1, -0.05) is 17.2 Å². The smallest absolute Gasteiger partial charge is 0.218 e. The van der Waals surface area contributed by atoms with Gasteiger partial charge < -0.3 is 15.4 Å². The lowest BCUT2D eigenvalue weighted by atomic mass is 9.92.